The number of methoxy groups -OCH3 is 2. The quantitative estimate of drug-likeness (QED) is 0.282. The lowest BCUT2D eigenvalue weighted by molar-refractivity contribution is -0.201. The van der Waals surface area contributed by atoms with Crippen LogP contribution in [-0.2, 0) is 29.1 Å². The molecular formula is C41H52F3N5O11S. The first-order valence-electron chi connectivity index (χ1n) is 20.5. The topological polar surface area (TPSA) is 203 Å². The average Bonchev–Trinajstić information content (AvgIpc) is 4.07. The summed E-state index contributed by atoms with van der Waals surface area (Å²) in [5, 5.41) is 13.9. The van der Waals surface area contributed by atoms with Crippen molar-refractivity contribution in [3.8, 4) is 17.5 Å². The molecule has 2 aliphatic carbocycles. The number of pyridine rings is 1. The van der Waals surface area contributed by atoms with Gasteiger partial charge in [-0.15, -0.1) is 0 Å². The fourth-order valence-electron chi connectivity index (χ4n) is 8.93. The zero-order valence-corrected chi connectivity index (χ0v) is 35.4. The van der Waals surface area contributed by atoms with Crippen molar-refractivity contribution in [2.24, 2.45) is 17.8 Å². The molecule has 0 bridgehead atoms. The minimum Gasteiger partial charge on any atom is -0.497 e. The summed E-state index contributed by atoms with van der Waals surface area (Å²) in [5.74, 6) is -5.04. The predicted molar refractivity (Wildman–Crippen MR) is 212 cm³/mol. The number of rotatable bonds is 10. The van der Waals surface area contributed by atoms with E-state index in [0.717, 1.165) is 4.90 Å². The number of carboxylic acid groups (broad SMARTS) is 1. The first-order chi connectivity index (χ1) is 28.8. The van der Waals surface area contributed by atoms with Gasteiger partial charge in [-0.25, -0.2) is 13.2 Å². The fourth-order valence-corrected chi connectivity index (χ4v) is 10.2. The van der Waals surface area contributed by atoms with Crippen molar-refractivity contribution in [1.29, 1.82) is 0 Å². The van der Waals surface area contributed by atoms with Crippen LogP contribution in [0, 0.1) is 17.8 Å². The number of fused-ring (bicyclic) bond motifs is 3. The summed E-state index contributed by atoms with van der Waals surface area (Å²) in [5.41, 5.74) is -1.88. The highest BCUT2D eigenvalue weighted by molar-refractivity contribution is 7.91. The van der Waals surface area contributed by atoms with Gasteiger partial charge in [-0.3, -0.25) is 24.0 Å². The fraction of sp³-hybridized carbons (Fsp3) is 0.634. The second kappa shape index (κ2) is 16.4. The highest BCUT2D eigenvalue weighted by Gasteiger charge is 2.66. The third-order valence-corrected chi connectivity index (χ3v) is 15.2. The zero-order valence-electron chi connectivity index (χ0n) is 34.6. The second-order valence-corrected chi connectivity index (χ2v) is 19.4. The maximum atomic E-state index is 15.9. The number of ether oxygens (including phenoxy) is 4. The third kappa shape index (κ3) is 8.40. The van der Waals surface area contributed by atoms with Gasteiger partial charge in [0.2, 0.25) is 33.6 Å². The summed E-state index contributed by atoms with van der Waals surface area (Å²) in [6.07, 6.45) is -4.04. The van der Waals surface area contributed by atoms with E-state index in [4.69, 9.17) is 18.9 Å². The number of halogens is 3. The maximum absolute atomic E-state index is 15.9. The van der Waals surface area contributed by atoms with Crippen molar-refractivity contribution >= 4 is 44.6 Å². The summed E-state index contributed by atoms with van der Waals surface area (Å²) in [6, 6.07) is -1.15. The predicted octanol–water partition coefficient (Wildman–Crippen LogP) is 4.55. The van der Waals surface area contributed by atoms with Gasteiger partial charge in [0.1, 0.15) is 29.5 Å². The highest BCUT2D eigenvalue weighted by Crippen LogP contribution is 2.49. The molecule has 5 aliphatic rings. The van der Waals surface area contributed by atoms with Crippen molar-refractivity contribution in [3.05, 3.63) is 36.4 Å². The van der Waals surface area contributed by atoms with Crippen molar-refractivity contribution < 1.29 is 64.8 Å². The Bertz CT molecular complexity index is 2190. The zero-order chi connectivity index (χ0) is 44.2. The van der Waals surface area contributed by atoms with Gasteiger partial charge in [0.05, 0.1) is 38.2 Å². The van der Waals surface area contributed by atoms with Gasteiger partial charge in [-0.2, -0.15) is 18.2 Å². The van der Waals surface area contributed by atoms with E-state index in [1.165, 1.54) is 33.3 Å². The molecular weight excluding hydrogens is 828 g/mol. The van der Waals surface area contributed by atoms with Crippen LogP contribution in [0.2, 0.25) is 0 Å². The molecule has 2 saturated heterocycles. The molecule has 3 aliphatic heterocycles. The SMILES string of the molecule is CC[C@@H]1C[C@@H](C)CC/C=C\[C@@H]2C[C@@]2(C(=O)NS(=O)(=O)C2(C)CC2)NC(=O)[C@@H]2C[C@@H](Oc3nc(OC)cc4cc(OC)ccc34)C(C(F)(F)F)N2C(=O)[C@H]1N(C(=O)O)C1COC1. The van der Waals surface area contributed by atoms with Crippen molar-refractivity contribution in [2.45, 2.75) is 119 Å². The number of nitrogens with one attached hydrogen (secondary N) is 2. The van der Waals surface area contributed by atoms with E-state index in [1.54, 1.807) is 25.1 Å². The molecule has 0 spiro atoms. The Kier molecular flexibility index (Phi) is 11.9. The monoisotopic (exact) mass is 879 g/mol. The summed E-state index contributed by atoms with van der Waals surface area (Å²) in [7, 11) is -1.46. The van der Waals surface area contributed by atoms with E-state index in [0.29, 0.717) is 41.7 Å². The smallest absolute Gasteiger partial charge is 0.412 e. The molecule has 3 N–H and O–H groups in total. The van der Waals surface area contributed by atoms with Crippen LogP contribution in [0.4, 0.5) is 18.0 Å². The van der Waals surface area contributed by atoms with E-state index >= 15 is 18.0 Å². The highest BCUT2D eigenvalue weighted by atomic mass is 32.2. The van der Waals surface area contributed by atoms with E-state index in [2.05, 4.69) is 15.0 Å². The number of nitrogens with zero attached hydrogens (tertiary/aromatic N) is 3. The Morgan fingerprint density at radius 1 is 1.13 bits per heavy atom. The molecule has 4 fully saturated rings. The van der Waals surface area contributed by atoms with Crippen LogP contribution in [0.5, 0.6) is 17.5 Å². The van der Waals surface area contributed by atoms with E-state index in [1.807, 2.05) is 13.0 Å². The molecule has 20 heteroatoms. The molecule has 1 unspecified atom stereocenters. The number of sulfonamides is 1. The molecule has 2 saturated carbocycles. The molecule has 1 aromatic heterocycles. The van der Waals surface area contributed by atoms with Gasteiger partial charge < -0.3 is 34.3 Å². The Morgan fingerprint density at radius 3 is 2.44 bits per heavy atom. The van der Waals surface area contributed by atoms with Crippen LogP contribution in [0.1, 0.15) is 72.1 Å². The number of allylic oxidation sites excluding steroid dienone is 1. The van der Waals surface area contributed by atoms with Crippen LogP contribution >= 0.6 is 0 Å². The summed E-state index contributed by atoms with van der Waals surface area (Å²) >= 11 is 0. The number of hydrogen-bond donors (Lipinski definition) is 3. The van der Waals surface area contributed by atoms with Crippen LogP contribution in [0.15, 0.2) is 36.4 Å². The largest absolute Gasteiger partial charge is 0.497 e. The van der Waals surface area contributed by atoms with Crippen molar-refractivity contribution in [3.63, 3.8) is 0 Å². The second-order valence-electron chi connectivity index (χ2n) is 17.2. The molecule has 16 nitrogen and oxygen atoms in total. The van der Waals surface area contributed by atoms with Gasteiger partial charge in [0, 0.05) is 23.8 Å². The molecule has 2 aromatic rings. The molecule has 334 valence electrons. The number of benzene rings is 1. The number of amides is 4. The summed E-state index contributed by atoms with van der Waals surface area (Å²) < 4.78 is 97.2. The molecule has 0 radical (unpaired) electrons. The molecule has 7 rings (SSSR count). The molecule has 4 heterocycles. The number of hydrogen-bond acceptors (Lipinski definition) is 11. The number of carbonyl (C=O) groups excluding carboxylic acids is 3. The van der Waals surface area contributed by atoms with E-state index in [9.17, 15) is 27.9 Å². The summed E-state index contributed by atoms with van der Waals surface area (Å²) in [6.45, 7) is 4.92. The lowest BCUT2D eigenvalue weighted by Gasteiger charge is -2.45. The first-order valence-corrected chi connectivity index (χ1v) is 22.0. The lowest BCUT2D eigenvalue weighted by atomic mass is 9.83. The van der Waals surface area contributed by atoms with Gasteiger partial charge in [0.25, 0.3) is 5.91 Å². The van der Waals surface area contributed by atoms with Gasteiger partial charge in [0.15, 0.2) is 6.04 Å². The molecule has 61 heavy (non-hydrogen) atoms. The van der Waals surface area contributed by atoms with Crippen molar-refractivity contribution in [2.75, 3.05) is 27.4 Å². The number of carbonyl (C=O) groups is 4. The average molecular weight is 880 g/mol. The normalized spacial score (nSPS) is 31.0. The van der Waals surface area contributed by atoms with E-state index < -0.39 is 98.8 Å². The van der Waals surface area contributed by atoms with Gasteiger partial charge in [-0.05, 0) is 80.9 Å². The maximum Gasteiger partial charge on any atom is 0.412 e. The van der Waals surface area contributed by atoms with Crippen LogP contribution in [-0.4, -0.2) is 126 Å². The molecule has 1 aromatic carbocycles. The Hall–Kier alpha value is -4.85. The van der Waals surface area contributed by atoms with Gasteiger partial charge >= 0.3 is 12.3 Å². The minimum atomic E-state index is -5.27. The van der Waals surface area contributed by atoms with Crippen LogP contribution in [0.25, 0.3) is 10.8 Å². The lowest BCUT2D eigenvalue weighted by Crippen LogP contribution is -2.66. The van der Waals surface area contributed by atoms with E-state index in [-0.39, 0.29) is 55.5 Å². The number of alkyl halides is 3. The Morgan fingerprint density at radius 2 is 1.85 bits per heavy atom. The molecule has 8 atom stereocenters. The number of aromatic nitrogens is 1. The van der Waals surface area contributed by atoms with Crippen LogP contribution < -0.4 is 24.2 Å². The Balaban J connectivity index is 1.36. The van der Waals surface area contributed by atoms with Crippen molar-refractivity contribution in [1.82, 2.24) is 24.8 Å². The van der Waals surface area contributed by atoms with Crippen LogP contribution in [0.3, 0.4) is 0 Å². The molecule has 4 amide bonds. The third-order valence-electron chi connectivity index (χ3n) is 13.0. The minimum absolute atomic E-state index is 0.0171. The van der Waals surface area contributed by atoms with Gasteiger partial charge in [-0.1, -0.05) is 32.4 Å². The summed E-state index contributed by atoms with van der Waals surface area (Å²) in [4.78, 5) is 62.8. The Labute approximate surface area is 351 Å². The first kappa shape index (κ1) is 44.2. The standard InChI is InChI=1S/C41H52F3N5O11S/c1-6-23-15-22(2)9-7-8-10-25-19-40(25,37(52)47-61(55,56)39(3)13-14-39)46-34(50)29-18-30(60-35-28-12-11-27(57-4)16-24(28)17-31(45-35)58-5)33(41(42,43)44)49(29)36(51)32(23)48(38(53)54)26-20-59-21-26/h8,10-12,16-17,22-23,25-26,29-30,32-33H,6-7,9,13-15,18-21H2,1-5H3,(H,46,50)(H,47,52)(H,53,54)/b10-8-/t22-,23+,25+,29-,30+,32-,33?,40+/m0/s1.